The van der Waals surface area contributed by atoms with E-state index in [0.717, 1.165) is 36.2 Å². The summed E-state index contributed by atoms with van der Waals surface area (Å²) >= 11 is 0. The molecule has 1 aliphatic heterocycles. The first-order chi connectivity index (χ1) is 15.2. The van der Waals surface area contributed by atoms with Gasteiger partial charge in [-0.25, -0.2) is 19.9 Å². The number of imidazole rings is 1. The molecule has 2 N–H and O–H groups in total. The number of aliphatic hydroxyl groups is 1. The first-order valence-corrected chi connectivity index (χ1v) is 10.5. The molecule has 1 unspecified atom stereocenters. The van der Waals surface area contributed by atoms with E-state index in [1.807, 2.05) is 23.7 Å². The zero-order valence-electron chi connectivity index (χ0n) is 17.4. The van der Waals surface area contributed by atoms with Crippen LogP contribution in [0.1, 0.15) is 11.1 Å². The fourth-order valence-electron chi connectivity index (χ4n) is 4.02. The molecule has 0 aliphatic carbocycles. The van der Waals surface area contributed by atoms with Gasteiger partial charge >= 0.3 is 0 Å². The molecule has 158 valence electrons. The lowest BCUT2D eigenvalue weighted by Crippen LogP contribution is -2.39. The van der Waals surface area contributed by atoms with Gasteiger partial charge < -0.3 is 15.0 Å². The molecule has 0 radical (unpaired) electrons. The number of nitrogens with one attached hydrogen (secondary N) is 1. The van der Waals surface area contributed by atoms with E-state index >= 15 is 0 Å². The number of benzene rings is 1. The smallest absolute Gasteiger partial charge is 0.163 e. The largest absolute Gasteiger partial charge is 0.390 e. The van der Waals surface area contributed by atoms with E-state index in [0.29, 0.717) is 24.7 Å². The van der Waals surface area contributed by atoms with E-state index in [2.05, 4.69) is 54.4 Å². The monoisotopic (exact) mass is 415 g/mol. The molecule has 5 rings (SSSR count). The van der Waals surface area contributed by atoms with Crippen LogP contribution in [0.4, 0.5) is 5.82 Å². The van der Waals surface area contributed by atoms with E-state index in [-0.39, 0.29) is 0 Å². The second-order valence-electron chi connectivity index (χ2n) is 7.98. The summed E-state index contributed by atoms with van der Waals surface area (Å²) in [6.45, 7) is 2.90. The summed E-state index contributed by atoms with van der Waals surface area (Å²) in [6, 6.07) is 12.3. The van der Waals surface area contributed by atoms with Crippen LogP contribution in [0.5, 0.6) is 0 Å². The Morgan fingerprint density at radius 1 is 1.13 bits per heavy atom. The van der Waals surface area contributed by atoms with Crippen molar-refractivity contribution in [2.24, 2.45) is 7.05 Å². The third kappa shape index (κ3) is 4.26. The summed E-state index contributed by atoms with van der Waals surface area (Å²) < 4.78 is 1.87. The maximum Gasteiger partial charge on any atom is 0.163 e. The Hall–Kier alpha value is -3.36. The highest BCUT2D eigenvalue weighted by Gasteiger charge is 2.18. The number of aromatic nitrogens is 5. The zero-order chi connectivity index (χ0) is 21.2. The molecule has 0 saturated carbocycles. The van der Waals surface area contributed by atoms with Crippen molar-refractivity contribution in [3.05, 3.63) is 66.2 Å². The van der Waals surface area contributed by atoms with Crippen molar-refractivity contribution in [1.82, 2.24) is 29.4 Å². The quantitative estimate of drug-likeness (QED) is 0.499. The molecule has 31 heavy (non-hydrogen) atoms. The van der Waals surface area contributed by atoms with Gasteiger partial charge in [0.2, 0.25) is 0 Å². The van der Waals surface area contributed by atoms with Crippen LogP contribution in [0.15, 0.2) is 55.1 Å². The topological polar surface area (TPSA) is 92.0 Å². The molecule has 0 bridgehead atoms. The summed E-state index contributed by atoms with van der Waals surface area (Å²) in [6.07, 6.45) is 5.72. The zero-order valence-corrected chi connectivity index (χ0v) is 17.4. The number of fused-ring (bicyclic) bond motifs is 2. The number of aliphatic hydroxyl groups excluding tert-OH is 1. The predicted molar refractivity (Wildman–Crippen MR) is 119 cm³/mol. The average Bonchev–Trinajstić information content (AvgIpc) is 3.18. The number of nitrogens with zero attached hydrogens (tertiary/aromatic N) is 6. The highest BCUT2D eigenvalue weighted by molar-refractivity contribution is 5.73. The Morgan fingerprint density at radius 3 is 2.90 bits per heavy atom. The molecule has 0 fully saturated rings. The van der Waals surface area contributed by atoms with Crippen molar-refractivity contribution in [2.75, 3.05) is 25.0 Å². The highest BCUT2D eigenvalue weighted by Crippen LogP contribution is 2.20. The van der Waals surface area contributed by atoms with Gasteiger partial charge in [0, 0.05) is 45.0 Å². The van der Waals surface area contributed by atoms with Crippen molar-refractivity contribution in [2.45, 2.75) is 19.1 Å². The maximum absolute atomic E-state index is 10.6. The number of pyridine rings is 1. The molecular weight excluding hydrogens is 390 g/mol. The van der Waals surface area contributed by atoms with Crippen molar-refractivity contribution in [3.8, 4) is 11.4 Å². The standard InChI is InChI=1S/C23H25N7O/c1-29-15-27-20-12-26-22(28-23(20)29)17-6-8-24-21(10-17)25-11-19(31)14-30-9-7-16-4-2-3-5-18(16)13-30/h2-6,8,10,12,15,19,31H,7,9,11,13-14H2,1H3,(H,24,25). The molecule has 4 heterocycles. The summed E-state index contributed by atoms with van der Waals surface area (Å²) in [7, 11) is 1.91. The lowest BCUT2D eigenvalue weighted by atomic mass is 10.00. The normalized spacial score (nSPS) is 15.0. The lowest BCUT2D eigenvalue weighted by molar-refractivity contribution is 0.114. The lowest BCUT2D eigenvalue weighted by Gasteiger charge is -2.30. The number of aryl methyl sites for hydroxylation is 1. The number of rotatable bonds is 6. The first-order valence-electron chi connectivity index (χ1n) is 10.5. The number of hydrogen-bond acceptors (Lipinski definition) is 7. The minimum Gasteiger partial charge on any atom is -0.390 e. The molecule has 0 saturated heterocycles. The molecule has 4 aromatic rings. The molecule has 1 aliphatic rings. The SMILES string of the molecule is Cn1cnc2cnc(-c3ccnc(NCC(O)CN4CCc5ccccc5C4)c3)nc21. The Kier molecular flexibility index (Phi) is 5.31. The van der Waals surface area contributed by atoms with Gasteiger partial charge in [-0.05, 0) is 29.7 Å². The van der Waals surface area contributed by atoms with Crippen molar-refractivity contribution >= 4 is 17.0 Å². The van der Waals surface area contributed by atoms with E-state index < -0.39 is 6.10 Å². The van der Waals surface area contributed by atoms with E-state index in [1.54, 1.807) is 18.7 Å². The summed E-state index contributed by atoms with van der Waals surface area (Å²) in [5.41, 5.74) is 5.19. The fraction of sp³-hybridized carbons (Fsp3) is 0.304. The molecule has 1 atom stereocenters. The third-order valence-electron chi connectivity index (χ3n) is 5.67. The second kappa shape index (κ2) is 8.41. The molecular formula is C23H25N7O. The molecule has 3 aromatic heterocycles. The second-order valence-corrected chi connectivity index (χ2v) is 7.98. The van der Waals surface area contributed by atoms with Crippen LogP contribution in [-0.2, 0) is 20.0 Å². The van der Waals surface area contributed by atoms with Crippen LogP contribution in [0.2, 0.25) is 0 Å². The van der Waals surface area contributed by atoms with E-state index in [1.165, 1.54) is 11.1 Å². The molecule has 0 spiro atoms. The van der Waals surface area contributed by atoms with Gasteiger partial charge in [0.25, 0.3) is 0 Å². The minimum absolute atomic E-state index is 0.427. The minimum atomic E-state index is -0.488. The predicted octanol–water partition coefficient (Wildman–Crippen LogP) is 2.26. The third-order valence-corrected chi connectivity index (χ3v) is 5.67. The van der Waals surface area contributed by atoms with Gasteiger partial charge in [0.1, 0.15) is 11.3 Å². The summed E-state index contributed by atoms with van der Waals surface area (Å²) in [5, 5.41) is 13.8. The van der Waals surface area contributed by atoms with Gasteiger partial charge in [-0.2, -0.15) is 0 Å². The summed E-state index contributed by atoms with van der Waals surface area (Å²) in [5.74, 6) is 1.31. The van der Waals surface area contributed by atoms with Gasteiger partial charge in [-0.1, -0.05) is 24.3 Å². The maximum atomic E-state index is 10.6. The molecule has 8 heteroatoms. The van der Waals surface area contributed by atoms with Crippen LogP contribution < -0.4 is 5.32 Å². The highest BCUT2D eigenvalue weighted by atomic mass is 16.3. The average molecular weight is 416 g/mol. The van der Waals surface area contributed by atoms with Crippen LogP contribution in [0.25, 0.3) is 22.6 Å². The number of β-amino-alcohol motifs (C(OH)–C–C–N with tert-alkyl or cyclic N) is 1. The van der Waals surface area contributed by atoms with Crippen LogP contribution in [0.3, 0.4) is 0 Å². The van der Waals surface area contributed by atoms with E-state index in [4.69, 9.17) is 0 Å². The molecule has 0 amide bonds. The van der Waals surface area contributed by atoms with E-state index in [9.17, 15) is 5.11 Å². The van der Waals surface area contributed by atoms with Crippen LogP contribution in [0, 0.1) is 0 Å². The number of anilines is 1. The van der Waals surface area contributed by atoms with Crippen molar-refractivity contribution < 1.29 is 5.11 Å². The van der Waals surface area contributed by atoms with Crippen molar-refractivity contribution in [3.63, 3.8) is 0 Å². The van der Waals surface area contributed by atoms with Gasteiger partial charge in [0.15, 0.2) is 11.5 Å². The van der Waals surface area contributed by atoms with Crippen LogP contribution in [-0.4, -0.2) is 60.2 Å². The molecule has 8 nitrogen and oxygen atoms in total. The van der Waals surface area contributed by atoms with Gasteiger partial charge in [-0.15, -0.1) is 0 Å². The van der Waals surface area contributed by atoms with Crippen molar-refractivity contribution in [1.29, 1.82) is 0 Å². The Morgan fingerprint density at radius 2 is 2.00 bits per heavy atom. The Bertz CT molecular complexity index is 1210. The summed E-state index contributed by atoms with van der Waals surface area (Å²) in [4.78, 5) is 20.0. The van der Waals surface area contributed by atoms with Crippen LogP contribution >= 0.6 is 0 Å². The Balaban J connectivity index is 1.21. The van der Waals surface area contributed by atoms with Gasteiger partial charge in [0.05, 0.1) is 18.6 Å². The first kappa shape index (κ1) is 19.6. The van der Waals surface area contributed by atoms with Gasteiger partial charge in [-0.3, -0.25) is 4.90 Å². The fourth-order valence-corrected chi connectivity index (χ4v) is 4.02. The molecule has 1 aromatic carbocycles. The number of hydrogen-bond donors (Lipinski definition) is 2. The Labute approximate surface area is 180 Å².